The molecule has 1 N–H and O–H groups in total. The first kappa shape index (κ1) is 11.7. The lowest BCUT2D eigenvalue weighted by atomic mass is 9.71. The zero-order valence-electron chi connectivity index (χ0n) is 11.3. The van der Waals surface area contributed by atoms with Crippen molar-refractivity contribution in [2.24, 2.45) is 11.8 Å². The average molecular weight is 250 g/mol. The molecule has 3 heteroatoms. The summed E-state index contributed by atoms with van der Waals surface area (Å²) < 4.78 is 0. The second-order valence-electron chi connectivity index (χ2n) is 7.07. The van der Waals surface area contributed by atoms with E-state index in [2.05, 4.69) is 9.80 Å². The van der Waals surface area contributed by atoms with Crippen molar-refractivity contribution in [3.05, 3.63) is 0 Å². The Bertz CT molecular complexity index is 322. The first-order valence-corrected chi connectivity index (χ1v) is 7.97. The van der Waals surface area contributed by atoms with E-state index >= 15 is 0 Å². The fraction of sp³-hybridized carbons (Fsp3) is 1.00. The van der Waals surface area contributed by atoms with Crippen LogP contribution in [-0.4, -0.2) is 59.3 Å². The summed E-state index contributed by atoms with van der Waals surface area (Å²) in [6.07, 6.45) is 7.97. The molecule has 0 aliphatic carbocycles. The van der Waals surface area contributed by atoms with Crippen LogP contribution in [0.3, 0.4) is 0 Å². The van der Waals surface area contributed by atoms with Gasteiger partial charge in [0.15, 0.2) is 0 Å². The van der Waals surface area contributed by atoms with Gasteiger partial charge in [-0.1, -0.05) is 6.42 Å². The van der Waals surface area contributed by atoms with Gasteiger partial charge in [0, 0.05) is 31.7 Å². The summed E-state index contributed by atoms with van der Waals surface area (Å²) in [6.45, 7) is 4.91. The van der Waals surface area contributed by atoms with Gasteiger partial charge in [-0.3, -0.25) is 9.80 Å². The van der Waals surface area contributed by atoms with Crippen LogP contribution in [0.4, 0.5) is 0 Å². The molecule has 5 atom stereocenters. The smallest absolute Gasteiger partial charge is 0.0667 e. The van der Waals surface area contributed by atoms with E-state index in [0.717, 1.165) is 36.9 Å². The predicted molar refractivity (Wildman–Crippen MR) is 71.4 cm³/mol. The van der Waals surface area contributed by atoms with Crippen LogP contribution in [0.1, 0.15) is 38.5 Å². The van der Waals surface area contributed by atoms with E-state index in [1.165, 1.54) is 51.7 Å². The molecule has 4 aliphatic heterocycles. The topological polar surface area (TPSA) is 26.7 Å². The number of nitrogens with zero attached hydrogens (tertiary/aromatic N) is 2. The SMILES string of the molecule is O[C@@H]1CCC2[C@H]3C[C@H](CN2C1)C1CCCCN1C3. The lowest BCUT2D eigenvalue weighted by Gasteiger charge is -2.57. The molecular weight excluding hydrogens is 224 g/mol. The predicted octanol–water partition coefficient (Wildman–Crippen LogP) is 1.32. The van der Waals surface area contributed by atoms with Crippen LogP contribution in [-0.2, 0) is 0 Å². The van der Waals surface area contributed by atoms with Crippen molar-refractivity contribution in [1.29, 1.82) is 0 Å². The third-order valence-corrected chi connectivity index (χ3v) is 6.01. The van der Waals surface area contributed by atoms with Crippen LogP contribution in [0.25, 0.3) is 0 Å². The molecule has 4 saturated heterocycles. The monoisotopic (exact) mass is 250 g/mol. The maximum Gasteiger partial charge on any atom is 0.0667 e. The Balaban J connectivity index is 1.54. The molecule has 4 fully saturated rings. The summed E-state index contributed by atoms with van der Waals surface area (Å²) in [6, 6.07) is 1.66. The van der Waals surface area contributed by atoms with Crippen LogP contribution in [0.15, 0.2) is 0 Å². The molecule has 4 rings (SSSR count). The molecule has 102 valence electrons. The first-order chi connectivity index (χ1) is 8.81. The Morgan fingerprint density at radius 1 is 0.778 bits per heavy atom. The van der Waals surface area contributed by atoms with E-state index < -0.39 is 0 Å². The van der Waals surface area contributed by atoms with Gasteiger partial charge in [0.2, 0.25) is 0 Å². The lowest BCUT2D eigenvalue weighted by Crippen LogP contribution is -2.64. The molecule has 3 nitrogen and oxygen atoms in total. The van der Waals surface area contributed by atoms with Crippen molar-refractivity contribution in [3.63, 3.8) is 0 Å². The molecule has 18 heavy (non-hydrogen) atoms. The minimum Gasteiger partial charge on any atom is -0.392 e. The number of hydrogen-bond donors (Lipinski definition) is 1. The minimum absolute atomic E-state index is 0.0532. The minimum atomic E-state index is -0.0532. The van der Waals surface area contributed by atoms with Gasteiger partial charge < -0.3 is 5.11 Å². The Labute approximate surface area is 110 Å². The third-order valence-electron chi connectivity index (χ3n) is 6.01. The van der Waals surface area contributed by atoms with Crippen molar-refractivity contribution in [3.8, 4) is 0 Å². The van der Waals surface area contributed by atoms with E-state index in [9.17, 15) is 5.11 Å². The summed E-state index contributed by atoms with van der Waals surface area (Å²) in [4.78, 5) is 5.45. The fourth-order valence-corrected chi connectivity index (χ4v) is 5.26. The van der Waals surface area contributed by atoms with Crippen molar-refractivity contribution in [2.45, 2.75) is 56.7 Å². The molecule has 0 amide bonds. The molecular formula is C15H26N2O. The van der Waals surface area contributed by atoms with Gasteiger partial charge in [0.1, 0.15) is 0 Å². The second kappa shape index (κ2) is 4.46. The van der Waals surface area contributed by atoms with E-state index in [1.807, 2.05) is 0 Å². The number of aliphatic hydroxyl groups excluding tert-OH is 1. The van der Waals surface area contributed by atoms with Crippen LogP contribution < -0.4 is 0 Å². The van der Waals surface area contributed by atoms with Crippen LogP contribution in [0.5, 0.6) is 0 Å². The number of aliphatic hydroxyl groups is 1. The molecule has 0 aromatic carbocycles. The fourth-order valence-electron chi connectivity index (χ4n) is 5.26. The van der Waals surface area contributed by atoms with Gasteiger partial charge in [-0.15, -0.1) is 0 Å². The summed E-state index contributed by atoms with van der Waals surface area (Å²) in [5, 5.41) is 9.89. The molecule has 0 aromatic heterocycles. The number of rotatable bonds is 0. The van der Waals surface area contributed by atoms with Gasteiger partial charge >= 0.3 is 0 Å². The Hall–Kier alpha value is -0.120. The van der Waals surface area contributed by atoms with E-state index in [1.54, 1.807) is 0 Å². The molecule has 4 heterocycles. The van der Waals surface area contributed by atoms with Gasteiger partial charge in [0.05, 0.1) is 6.10 Å². The zero-order valence-corrected chi connectivity index (χ0v) is 11.3. The molecule has 0 radical (unpaired) electrons. The number of hydrogen-bond acceptors (Lipinski definition) is 3. The second-order valence-corrected chi connectivity index (χ2v) is 7.07. The number of piperidine rings is 4. The highest BCUT2D eigenvalue weighted by Gasteiger charge is 2.47. The highest BCUT2D eigenvalue weighted by atomic mass is 16.3. The molecule has 0 saturated carbocycles. The highest BCUT2D eigenvalue weighted by Crippen LogP contribution is 2.42. The maximum absolute atomic E-state index is 9.89. The third kappa shape index (κ3) is 1.83. The van der Waals surface area contributed by atoms with E-state index in [-0.39, 0.29) is 6.10 Å². The quantitative estimate of drug-likeness (QED) is 0.702. The van der Waals surface area contributed by atoms with E-state index in [4.69, 9.17) is 0 Å². The van der Waals surface area contributed by atoms with Crippen LogP contribution >= 0.6 is 0 Å². The molecule has 2 bridgehead atoms. The summed E-state index contributed by atoms with van der Waals surface area (Å²) >= 11 is 0. The van der Waals surface area contributed by atoms with Crippen molar-refractivity contribution in [1.82, 2.24) is 9.80 Å². The first-order valence-electron chi connectivity index (χ1n) is 7.97. The van der Waals surface area contributed by atoms with E-state index in [0.29, 0.717) is 0 Å². The summed E-state index contributed by atoms with van der Waals surface area (Å²) in [5.74, 6) is 1.79. The normalized spacial score (nSPS) is 49.5. The van der Waals surface area contributed by atoms with Crippen molar-refractivity contribution < 1.29 is 5.11 Å². The summed E-state index contributed by atoms with van der Waals surface area (Å²) in [7, 11) is 0. The van der Waals surface area contributed by atoms with Crippen molar-refractivity contribution in [2.75, 3.05) is 26.2 Å². The standard InChI is InChI=1S/C15H26N2O/c18-13-4-5-15-11-7-12(9-17(15)10-13)14-3-1-2-6-16(14)8-11/h11-15,18H,1-10H2/t11-,12+,13+,14?,15?/m0/s1. The largest absolute Gasteiger partial charge is 0.392 e. The molecule has 0 aromatic rings. The summed E-state index contributed by atoms with van der Waals surface area (Å²) in [5.41, 5.74) is 0. The Morgan fingerprint density at radius 2 is 1.56 bits per heavy atom. The number of fused-ring (bicyclic) bond motifs is 6. The van der Waals surface area contributed by atoms with Gasteiger partial charge in [-0.05, 0) is 50.5 Å². The van der Waals surface area contributed by atoms with Crippen LogP contribution in [0, 0.1) is 11.8 Å². The molecule has 0 spiro atoms. The van der Waals surface area contributed by atoms with Crippen LogP contribution in [0.2, 0.25) is 0 Å². The molecule has 2 unspecified atom stereocenters. The van der Waals surface area contributed by atoms with Gasteiger partial charge in [-0.2, -0.15) is 0 Å². The average Bonchev–Trinajstić information content (AvgIpc) is 2.38. The zero-order chi connectivity index (χ0) is 12.1. The maximum atomic E-state index is 9.89. The Morgan fingerprint density at radius 3 is 2.44 bits per heavy atom. The highest BCUT2D eigenvalue weighted by molar-refractivity contribution is 5.01. The van der Waals surface area contributed by atoms with Gasteiger partial charge in [-0.25, -0.2) is 0 Å². The lowest BCUT2D eigenvalue weighted by molar-refractivity contribution is -0.0912. The van der Waals surface area contributed by atoms with Gasteiger partial charge in [0.25, 0.3) is 0 Å². The molecule has 4 aliphatic rings. The Kier molecular flexibility index (Phi) is 2.90. The van der Waals surface area contributed by atoms with Crippen molar-refractivity contribution >= 4 is 0 Å².